The Hall–Kier alpha value is -0.650. The van der Waals surface area contributed by atoms with Crippen LogP contribution in [0.5, 0.6) is 0 Å². The van der Waals surface area contributed by atoms with Crippen molar-refractivity contribution in [1.82, 2.24) is 10.6 Å². The molecule has 106 valence electrons. The standard InChI is InChI=1S/C13H26N2O3/c1-13(2,3)7-10(16)8-15-12(17)6-11-9-14-4-5-18-11/h10-11,14,16H,4-9H2,1-3H3,(H,15,17). The summed E-state index contributed by atoms with van der Waals surface area (Å²) in [7, 11) is 0. The number of amides is 1. The largest absolute Gasteiger partial charge is 0.391 e. The molecule has 0 spiro atoms. The van der Waals surface area contributed by atoms with Gasteiger partial charge in [-0.05, 0) is 11.8 Å². The Balaban J connectivity index is 2.16. The van der Waals surface area contributed by atoms with E-state index in [1.165, 1.54) is 0 Å². The smallest absolute Gasteiger partial charge is 0.222 e. The van der Waals surface area contributed by atoms with Crippen LogP contribution in [0.25, 0.3) is 0 Å². The van der Waals surface area contributed by atoms with Gasteiger partial charge in [-0.15, -0.1) is 0 Å². The van der Waals surface area contributed by atoms with Gasteiger partial charge in [0.05, 0.1) is 25.2 Å². The SMILES string of the molecule is CC(C)(C)CC(O)CNC(=O)CC1CNCCO1. The van der Waals surface area contributed by atoms with Crippen LogP contribution in [0.2, 0.25) is 0 Å². The quantitative estimate of drug-likeness (QED) is 0.662. The van der Waals surface area contributed by atoms with E-state index in [-0.39, 0.29) is 17.4 Å². The highest BCUT2D eigenvalue weighted by Crippen LogP contribution is 2.20. The molecule has 0 radical (unpaired) electrons. The minimum absolute atomic E-state index is 0.0430. The summed E-state index contributed by atoms with van der Waals surface area (Å²) in [4.78, 5) is 11.7. The zero-order chi connectivity index (χ0) is 13.6. The number of morpholine rings is 1. The molecule has 0 aromatic rings. The fraction of sp³-hybridized carbons (Fsp3) is 0.923. The molecule has 5 heteroatoms. The van der Waals surface area contributed by atoms with Gasteiger partial charge < -0.3 is 20.5 Å². The van der Waals surface area contributed by atoms with E-state index in [0.717, 1.165) is 13.1 Å². The summed E-state index contributed by atoms with van der Waals surface area (Å²) in [6, 6.07) is 0. The maximum absolute atomic E-state index is 11.7. The Kier molecular flexibility index (Phi) is 6.05. The second-order valence-corrected chi connectivity index (χ2v) is 6.12. The number of carbonyl (C=O) groups is 1. The third-order valence-corrected chi connectivity index (χ3v) is 2.80. The molecule has 5 nitrogen and oxygen atoms in total. The molecular weight excluding hydrogens is 232 g/mol. The summed E-state index contributed by atoms with van der Waals surface area (Å²) >= 11 is 0. The second-order valence-electron chi connectivity index (χ2n) is 6.12. The molecule has 1 saturated heterocycles. The average Bonchev–Trinajstić information content (AvgIpc) is 2.25. The van der Waals surface area contributed by atoms with Crippen molar-refractivity contribution in [2.24, 2.45) is 5.41 Å². The lowest BCUT2D eigenvalue weighted by molar-refractivity contribution is -0.125. The third-order valence-electron chi connectivity index (χ3n) is 2.80. The number of hydrogen-bond acceptors (Lipinski definition) is 4. The topological polar surface area (TPSA) is 70.6 Å². The molecule has 1 aliphatic heterocycles. The number of hydrogen-bond donors (Lipinski definition) is 3. The lowest BCUT2D eigenvalue weighted by Gasteiger charge is -2.24. The molecule has 18 heavy (non-hydrogen) atoms. The van der Waals surface area contributed by atoms with Gasteiger partial charge in [-0.3, -0.25) is 4.79 Å². The molecule has 3 N–H and O–H groups in total. The first kappa shape index (κ1) is 15.4. The summed E-state index contributed by atoms with van der Waals surface area (Å²) in [6.07, 6.45) is 0.502. The summed E-state index contributed by atoms with van der Waals surface area (Å²) in [5, 5.41) is 15.7. The van der Waals surface area contributed by atoms with Crippen LogP contribution in [0.15, 0.2) is 0 Å². The van der Waals surface area contributed by atoms with Crippen molar-refractivity contribution < 1.29 is 14.6 Å². The molecule has 0 aromatic carbocycles. The van der Waals surface area contributed by atoms with Crippen molar-refractivity contribution in [2.75, 3.05) is 26.2 Å². The van der Waals surface area contributed by atoms with E-state index in [9.17, 15) is 9.90 Å². The van der Waals surface area contributed by atoms with Gasteiger partial charge in [0, 0.05) is 19.6 Å². The van der Waals surface area contributed by atoms with Crippen LogP contribution in [0.4, 0.5) is 0 Å². The fourth-order valence-electron chi connectivity index (χ4n) is 2.04. The number of nitrogens with one attached hydrogen (secondary N) is 2. The summed E-state index contributed by atoms with van der Waals surface area (Å²) in [6.45, 7) is 8.75. The molecular formula is C13H26N2O3. The van der Waals surface area contributed by atoms with E-state index < -0.39 is 6.10 Å². The lowest BCUT2D eigenvalue weighted by Crippen LogP contribution is -2.42. The minimum atomic E-state index is -0.487. The van der Waals surface area contributed by atoms with Crippen LogP contribution in [-0.4, -0.2) is 49.5 Å². The van der Waals surface area contributed by atoms with Gasteiger partial charge in [-0.1, -0.05) is 20.8 Å². The van der Waals surface area contributed by atoms with Gasteiger partial charge in [0.25, 0.3) is 0 Å². The summed E-state index contributed by atoms with van der Waals surface area (Å²) in [5.74, 6) is -0.0586. The zero-order valence-corrected chi connectivity index (χ0v) is 11.7. The van der Waals surface area contributed by atoms with E-state index in [4.69, 9.17) is 4.74 Å². The Morgan fingerprint density at radius 3 is 2.83 bits per heavy atom. The van der Waals surface area contributed by atoms with E-state index in [1.807, 2.05) is 0 Å². The van der Waals surface area contributed by atoms with Crippen molar-refractivity contribution in [3.8, 4) is 0 Å². The molecule has 1 amide bonds. The summed E-state index contributed by atoms with van der Waals surface area (Å²) in [5.41, 5.74) is 0.0700. The zero-order valence-electron chi connectivity index (χ0n) is 11.7. The fourth-order valence-corrected chi connectivity index (χ4v) is 2.04. The van der Waals surface area contributed by atoms with E-state index in [0.29, 0.717) is 26.0 Å². The van der Waals surface area contributed by atoms with E-state index >= 15 is 0 Å². The van der Waals surface area contributed by atoms with Crippen LogP contribution in [0, 0.1) is 5.41 Å². The number of aliphatic hydroxyl groups is 1. The van der Waals surface area contributed by atoms with E-state index in [2.05, 4.69) is 31.4 Å². The van der Waals surface area contributed by atoms with Crippen LogP contribution in [0.3, 0.4) is 0 Å². The van der Waals surface area contributed by atoms with Gasteiger partial charge in [0.15, 0.2) is 0 Å². The molecule has 1 heterocycles. The number of carbonyl (C=O) groups excluding carboxylic acids is 1. The highest BCUT2D eigenvalue weighted by molar-refractivity contribution is 5.76. The number of ether oxygens (including phenoxy) is 1. The molecule has 2 atom stereocenters. The number of aliphatic hydroxyl groups excluding tert-OH is 1. The van der Waals surface area contributed by atoms with Crippen molar-refractivity contribution >= 4 is 5.91 Å². The van der Waals surface area contributed by atoms with Crippen LogP contribution in [-0.2, 0) is 9.53 Å². The van der Waals surface area contributed by atoms with E-state index in [1.54, 1.807) is 0 Å². The Morgan fingerprint density at radius 2 is 2.28 bits per heavy atom. The predicted octanol–water partition coefficient (Wildman–Crippen LogP) is 0.278. The van der Waals surface area contributed by atoms with Crippen LogP contribution >= 0.6 is 0 Å². The number of rotatable bonds is 5. The van der Waals surface area contributed by atoms with Gasteiger partial charge in [-0.25, -0.2) is 0 Å². The molecule has 1 aliphatic rings. The first-order chi connectivity index (χ1) is 8.37. The van der Waals surface area contributed by atoms with Crippen LogP contribution in [0.1, 0.15) is 33.6 Å². The molecule has 1 fully saturated rings. The summed E-state index contributed by atoms with van der Waals surface area (Å²) < 4.78 is 5.45. The first-order valence-electron chi connectivity index (χ1n) is 6.64. The van der Waals surface area contributed by atoms with Crippen molar-refractivity contribution in [3.05, 3.63) is 0 Å². The third kappa shape index (κ3) is 6.93. The van der Waals surface area contributed by atoms with Crippen molar-refractivity contribution in [2.45, 2.75) is 45.8 Å². The van der Waals surface area contributed by atoms with Gasteiger partial charge in [0.1, 0.15) is 0 Å². The normalized spacial score (nSPS) is 22.6. The van der Waals surface area contributed by atoms with Crippen molar-refractivity contribution in [3.63, 3.8) is 0 Å². The maximum Gasteiger partial charge on any atom is 0.222 e. The Bertz CT molecular complexity index is 257. The van der Waals surface area contributed by atoms with Gasteiger partial charge in [-0.2, -0.15) is 0 Å². The molecule has 0 bridgehead atoms. The van der Waals surface area contributed by atoms with Crippen molar-refractivity contribution in [1.29, 1.82) is 0 Å². The minimum Gasteiger partial charge on any atom is -0.391 e. The molecule has 1 rings (SSSR count). The molecule has 0 saturated carbocycles. The predicted molar refractivity (Wildman–Crippen MR) is 70.3 cm³/mol. The molecule has 0 aromatic heterocycles. The lowest BCUT2D eigenvalue weighted by atomic mass is 9.89. The Labute approximate surface area is 109 Å². The molecule has 0 aliphatic carbocycles. The molecule has 2 unspecified atom stereocenters. The van der Waals surface area contributed by atoms with Gasteiger partial charge >= 0.3 is 0 Å². The van der Waals surface area contributed by atoms with Crippen LogP contribution < -0.4 is 10.6 Å². The highest BCUT2D eigenvalue weighted by atomic mass is 16.5. The first-order valence-corrected chi connectivity index (χ1v) is 6.64. The maximum atomic E-state index is 11.7. The van der Waals surface area contributed by atoms with Gasteiger partial charge in [0.2, 0.25) is 5.91 Å². The second kappa shape index (κ2) is 7.07. The monoisotopic (exact) mass is 258 g/mol. The highest BCUT2D eigenvalue weighted by Gasteiger charge is 2.19. The average molecular weight is 258 g/mol. The Morgan fingerprint density at radius 1 is 1.56 bits per heavy atom.